The number of methoxy groups -OCH3 is 1. The summed E-state index contributed by atoms with van der Waals surface area (Å²) in [5, 5.41) is 0. The standard InChI is InChI=1S/C21H23FN2O3/c1-27-19-9-3-16(4-10-19)15-20(25)23-11-2-12-24(14-13-23)21(26)17-5-7-18(22)8-6-17/h3-10H,2,11-15H2,1H3. The number of benzene rings is 2. The lowest BCUT2D eigenvalue weighted by molar-refractivity contribution is -0.130. The summed E-state index contributed by atoms with van der Waals surface area (Å²) in [6, 6.07) is 13.0. The average Bonchev–Trinajstić information content (AvgIpc) is 2.95. The largest absolute Gasteiger partial charge is 0.497 e. The van der Waals surface area contributed by atoms with Crippen LogP contribution in [-0.4, -0.2) is 54.9 Å². The molecular weight excluding hydrogens is 347 g/mol. The molecule has 0 radical (unpaired) electrons. The number of carbonyl (C=O) groups is 2. The topological polar surface area (TPSA) is 49.9 Å². The van der Waals surface area contributed by atoms with Crippen LogP contribution in [0, 0.1) is 5.82 Å². The smallest absolute Gasteiger partial charge is 0.253 e. The second kappa shape index (κ2) is 8.66. The Bertz CT molecular complexity index is 790. The van der Waals surface area contributed by atoms with Gasteiger partial charge in [-0.1, -0.05) is 12.1 Å². The van der Waals surface area contributed by atoms with Gasteiger partial charge in [0.15, 0.2) is 0 Å². The fraction of sp³-hybridized carbons (Fsp3) is 0.333. The molecule has 0 atom stereocenters. The minimum Gasteiger partial charge on any atom is -0.497 e. The van der Waals surface area contributed by atoms with Crippen molar-refractivity contribution in [1.29, 1.82) is 0 Å². The number of halogens is 1. The number of hydrogen-bond donors (Lipinski definition) is 0. The van der Waals surface area contributed by atoms with Crippen molar-refractivity contribution in [2.75, 3.05) is 33.3 Å². The molecule has 1 aliphatic rings. The zero-order chi connectivity index (χ0) is 19.2. The van der Waals surface area contributed by atoms with Crippen LogP contribution in [-0.2, 0) is 11.2 Å². The van der Waals surface area contributed by atoms with Crippen molar-refractivity contribution < 1.29 is 18.7 Å². The summed E-state index contributed by atoms with van der Waals surface area (Å²) in [6.07, 6.45) is 1.05. The Labute approximate surface area is 158 Å². The Morgan fingerprint density at radius 2 is 1.56 bits per heavy atom. The number of amides is 2. The normalized spacial score (nSPS) is 14.6. The predicted molar refractivity (Wildman–Crippen MR) is 100 cm³/mol. The first kappa shape index (κ1) is 18.9. The molecule has 0 aromatic heterocycles. The fourth-order valence-electron chi connectivity index (χ4n) is 3.17. The Kier molecular flexibility index (Phi) is 6.06. The monoisotopic (exact) mass is 370 g/mol. The Morgan fingerprint density at radius 1 is 0.926 bits per heavy atom. The molecule has 2 amide bonds. The molecule has 3 rings (SSSR count). The molecule has 0 aliphatic carbocycles. The highest BCUT2D eigenvalue weighted by Gasteiger charge is 2.23. The quantitative estimate of drug-likeness (QED) is 0.832. The highest BCUT2D eigenvalue weighted by molar-refractivity contribution is 5.94. The van der Waals surface area contributed by atoms with Crippen molar-refractivity contribution in [2.24, 2.45) is 0 Å². The van der Waals surface area contributed by atoms with E-state index in [9.17, 15) is 14.0 Å². The highest BCUT2D eigenvalue weighted by Crippen LogP contribution is 2.14. The number of hydrogen-bond acceptors (Lipinski definition) is 3. The van der Waals surface area contributed by atoms with Gasteiger partial charge in [-0.25, -0.2) is 4.39 Å². The van der Waals surface area contributed by atoms with Crippen molar-refractivity contribution in [3.8, 4) is 5.75 Å². The maximum atomic E-state index is 13.0. The van der Waals surface area contributed by atoms with Crippen LogP contribution in [0.2, 0.25) is 0 Å². The molecule has 0 spiro atoms. The summed E-state index contributed by atoms with van der Waals surface area (Å²) in [4.78, 5) is 28.7. The van der Waals surface area contributed by atoms with Crippen LogP contribution in [0.3, 0.4) is 0 Å². The van der Waals surface area contributed by atoms with Crippen molar-refractivity contribution in [2.45, 2.75) is 12.8 Å². The van der Waals surface area contributed by atoms with Crippen LogP contribution in [0.15, 0.2) is 48.5 Å². The molecular formula is C21H23FN2O3. The maximum absolute atomic E-state index is 13.0. The van der Waals surface area contributed by atoms with E-state index in [2.05, 4.69) is 0 Å². The molecule has 0 saturated carbocycles. The summed E-state index contributed by atoms with van der Waals surface area (Å²) < 4.78 is 18.2. The fourth-order valence-corrected chi connectivity index (χ4v) is 3.17. The molecule has 142 valence electrons. The van der Waals surface area contributed by atoms with E-state index in [4.69, 9.17) is 4.74 Å². The van der Waals surface area contributed by atoms with Crippen LogP contribution in [0.4, 0.5) is 4.39 Å². The van der Waals surface area contributed by atoms with E-state index >= 15 is 0 Å². The molecule has 5 nitrogen and oxygen atoms in total. The zero-order valence-corrected chi connectivity index (χ0v) is 15.4. The summed E-state index contributed by atoms with van der Waals surface area (Å²) in [6.45, 7) is 2.19. The maximum Gasteiger partial charge on any atom is 0.253 e. The van der Waals surface area contributed by atoms with Crippen LogP contribution in [0.25, 0.3) is 0 Å². The van der Waals surface area contributed by atoms with Crippen LogP contribution < -0.4 is 4.74 Å². The van der Waals surface area contributed by atoms with Crippen molar-refractivity contribution >= 4 is 11.8 Å². The Hall–Kier alpha value is -2.89. The number of ether oxygens (including phenoxy) is 1. The zero-order valence-electron chi connectivity index (χ0n) is 15.4. The number of carbonyl (C=O) groups excluding carboxylic acids is 2. The van der Waals surface area contributed by atoms with E-state index < -0.39 is 0 Å². The molecule has 2 aromatic rings. The highest BCUT2D eigenvalue weighted by atomic mass is 19.1. The molecule has 6 heteroatoms. The first-order valence-electron chi connectivity index (χ1n) is 9.02. The molecule has 0 unspecified atom stereocenters. The molecule has 0 bridgehead atoms. The first-order valence-corrected chi connectivity index (χ1v) is 9.02. The predicted octanol–water partition coefficient (Wildman–Crippen LogP) is 2.75. The van der Waals surface area contributed by atoms with Gasteiger partial charge in [-0.15, -0.1) is 0 Å². The lowest BCUT2D eigenvalue weighted by Gasteiger charge is -2.22. The Balaban J connectivity index is 1.57. The molecule has 27 heavy (non-hydrogen) atoms. The van der Waals surface area contributed by atoms with E-state index in [1.165, 1.54) is 24.3 Å². The van der Waals surface area contributed by atoms with Crippen LogP contribution >= 0.6 is 0 Å². The Morgan fingerprint density at radius 3 is 2.22 bits per heavy atom. The molecule has 0 N–H and O–H groups in total. The summed E-state index contributed by atoms with van der Waals surface area (Å²) >= 11 is 0. The van der Waals surface area contributed by atoms with Crippen molar-refractivity contribution in [3.05, 3.63) is 65.5 Å². The lowest BCUT2D eigenvalue weighted by Crippen LogP contribution is -2.38. The van der Waals surface area contributed by atoms with Crippen molar-refractivity contribution in [3.63, 3.8) is 0 Å². The molecule has 1 aliphatic heterocycles. The second-order valence-corrected chi connectivity index (χ2v) is 6.56. The summed E-state index contributed by atoms with van der Waals surface area (Å²) in [5.41, 5.74) is 1.40. The van der Waals surface area contributed by atoms with Gasteiger partial charge in [0.2, 0.25) is 5.91 Å². The number of nitrogens with zero attached hydrogens (tertiary/aromatic N) is 2. The van der Waals surface area contributed by atoms with Gasteiger partial charge in [0.05, 0.1) is 13.5 Å². The molecule has 1 fully saturated rings. The van der Waals surface area contributed by atoms with Gasteiger partial charge >= 0.3 is 0 Å². The van der Waals surface area contributed by atoms with E-state index in [-0.39, 0.29) is 17.6 Å². The van der Waals surface area contributed by atoms with Gasteiger partial charge in [-0.3, -0.25) is 9.59 Å². The third kappa shape index (κ3) is 4.84. The third-order valence-corrected chi connectivity index (χ3v) is 4.74. The van der Waals surface area contributed by atoms with Gasteiger partial charge in [-0.05, 0) is 48.4 Å². The van der Waals surface area contributed by atoms with Gasteiger partial charge in [0, 0.05) is 31.7 Å². The minimum absolute atomic E-state index is 0.0521. The van der Waals surface area contributed by atoms with E-state index in [1.54, 1.807) is 12.0 Å². The van der Waals surface area contributed by atoms with Crippen LogP contribution in [0.1, 0.15) is 22.3 Å². The first-order chi connectivity index (χ1) is 13.1. The average molecular weight is 370 g/mol. The second-order valence-electron chi connectivity index (χ2n) is 6.56. The molecule has 2 aromatic carbocycles. The minimum atomic E-state index is -0.363. The third-order valence-electron chi connectivity index (χ3n) is 4.74. The summed E-state index contributed by atoms with van der Waals surface area (Å²) in [5.74, 6) is 0.323. The van der Waals surface area contributed by atoms with Gasteiger partial charge in [0.25, 0.3) is 5.91 Å². The number of rotatable bonds is 4. The van der Waals surface area contributed by atoms with E-state index in [0.29, 0.717) is 38.2 Å². The molecule has 1 saturated heterocycles. The van der Waals surface area contributed by atoms with E-state index in [1.807, 2.05) is 29.2 Å². The lowest BCUT2D eigenvalue weighted by atomic mass is 10.1. The van der Waals surface area contributed by atoms with Crippen molar-refractivity contribution in [1.82, 2.24) is 9.80 Å². The van der Waals surface area contributed by atoms with Gasteiger partial charge in [-0.2, -0.15) is 0 Å². The SMILES string of the molecule is COc1ccc(CC(=O)N2CCCN(C(=O)c3ccc(F)cc3)CC2)cc1. The molecule has 1 heterocycles. The van der Waals surface area contributed by atoms with Gasteiger partial charge in [0.1, 0.15) is 11.6 Å². The summed E-state index contributed by atoms with van der Waals surface area (Å²) in [7, 11) is 1.61. The van der Waals surface area contributed by atoms with E-state index in [0.717, 1.165) is 17.7 Å². The van der Waals surface area contributed by atoms with Gasteiger partial charge < -0.3 is 14.5 Å². The van der Waals surface area contributed by atoms with Crippen LogP contribution in [0.5, 0.6) is 5.75 Å².